The van der Waals surface area contributed by atoms with Crippen LogP contribution in [0, 0.1) is 28.9 Å². The minimum atomic E-state index is -0.501. The van der Waals surface area contributed by atoms with E-state index >= 15 is 0 Å². The van der Waals surface area contributed by atoms with Crippen LogP contribution in [-0.2, 0) is 0 Å². The Morgan fingerprint density at radius 2 is 1.64 bits per heavy atom. The second kappa shape index (κ2) is 3.50. The van der Waals surface area contributed by atoms with Crippen molar-refractivity contribution in [3.8, 4) is 11.5 Å². The summed E-state index contributed by atoms with van der Waals surface area (Å²) in [6.07, 6.45) is 6.24. The zero-order valence-electron chi connectivity index (χ0n) is 12.0. The summed E-state index contributed by atoms with van der Waals surface area (Å²) >= 11 is 0. The lowest BCUT2D eigenvalue weighted by atomic mass is 9.53. The Labute approximate surface area is 126 Å². The van der Waals surface area contributed by atoms with Gasteiger partial charge in [-0.1, -0.05) is 0 Å². The standard InChI is InChI=1S/C16H16N2O4/c19-18-13-7-15-14(6-12(13)17-22-18)20-16(21-15)10-2-8-1-9(4-10)5-11(16)3-8/h6-11H,1-5H2. The van der Waals surface area contributed by atoms with Gasteiger partial charge in [0.05, 0.1) is 0 Å². The summed E-state index contributed by atoms with van der Waals surface area (Å²) in [6.45, 7) is 0. The number of benzene rings is 1. The van der Waals surface area contributed by atoms with Crippen molar-refractivity contribution in [1.82, 2.24) is 5.16 Å². The SMILES string of the molecule is [O-][n+]1onc2cc3c(cc21)OC1(O3)C2CC3CC(C2)CC1C3. The fraction of sp³-hybridized carbons (Fsp3) is 0.625. The molecule has 4 bridgehead atoms. The molecular weight excluding hydrogens is 284 g/mol. The molecule has 22 heavy (non-hydrogen) atoms. The first-order chi connectivity index (χ1) is 10.7. The zero-order valence-corrected chi connectivity index (χ0v) is 12.0. The van der Waals surface area contributed by atoms with Crippen LogP contribution >= 0.6 is 0 Å². The Morgan fingerprint density at radius 3 is 2.32 bits per heavy atom. The molecule has 1 aromatic carbocycles. The van der Waals surface area contributed by atoms with E-state index in [0.29, 0.717) is 39.3 Å². The maximum absolute atomic E-state index is 11.6. The molecule has 0 atom stereocenters. The van der Waals surface area contributed by atoms with E-state index in [-0.39, 0.29) is 0 Å². The lowest BCUT2D eigenvalue weighted by molar-refractivity contribution is -0.782. The van der Waals surface area contributed by atoms with Crippen molar-refractivity contribution in [2.45, 2.75) is 37.9 Å². The quantitative estimate of drug-likeness (QED) is 0.699. The number of hydrogen-bond acceptors (Lipinski definition) is 5. The average molecular weight is 300 g/mol. The second-order valence-electron chi connectivity index (χ2n) is 7.45. The Bertz CT molecular complexity index is 771. The maximum Gasteiger partial charge on any atom is 0.257 e. The first-order valence-electron chi connectivity index (χ1n) is 8.13. The second-order valence-corrected chi connectivity index (χ2v) is 7.45. The molecule has 0 unspecified atom stereocenters. The van der Waals surface area contributed by atoms with Crippen LogP contribution in [-0.4, -0.2) is 10.9 Å². The predicted molar refractivity (Wildman–Crippen MR) is 74.0 cm³/mol. The molecule has 6 nitrogen and oxygen atoms in total. The molecular formula is C16H16N2O4. The predicted octanol–water partition coefficient (Wildman–Crippen LogP) is 2.38. The van der Waals surface area contributed by atoms with Crippen molar-refractivity contribution in [2.24, 2.45) is 23.7 Å². The molecule has 4 saturated carbocycles. The third kappa shape index (κ3) is 1.23. The molecule has 4 fully saturated rings. The van der Waals surface area contributed by atoms with Gasteiger partial charge in [-0.3, -0.25) is 4.63 Å². The number of aromatic nitrogens is 2. The van der Waals surface area contributed by atoms with Gasteiger partial charge in [0.25, 0.3) is 11.3 Å². The molecule has 1 spiro atoms. The molecule has 0 amide bonds. The smallest absolute Gasteiger partial charge is 0.257 e. The Morgan fingerprint density at radius 1 is 1.00 bits per heavy atom. The fourth-order valence-corrected chi connectivity index (χ4v) is 5.58. The van der Waals surface area contributed by atoms with Gasteiger partial charge in [0.1, 0.15) is 0 Å². The van der Waals surface area contributed by atoms with Crippen molar-refractivity contribution >= 4 is 11.0 Å². The van der Waals surface area contributed by atoms with E-state index in [2.05, 4.69) is 9.79 Å². The Balaban J connectivity index is 1.47. The lowest BCUT2D eigenvalue weighted by Crippen LogP contribution is -2.62. The summed E-state index contributed by atoms with van der Waals surface area (Å²) in [5.41, 5.74) is 0.904. The third-order valence-electron chi connectivity index (χ3n) is 6.27. The van der Waals surface area contributed by atoms with Crippen molar-refractivity contribution in [3.05, 3.63) is 17.3 Å². The molecule has 0 saturated heterocycles. The van der Waals surface area contributed by atoms with Crippen LogP contribution in [0.1, 0.15) is 32.1 Å². The van der Waals surface area contributed by atoms with Gasteiger partial charge >= 0.3 is 0 Å². The van der Waals surface area contributed by atoms with Gasteiger partial charge in [0.2, 0.25) is 5.52 Å². The highest BCUT2D eigenvalue weighted by Crippen LogP contribution is 2.62. The number of fused-ring (bicyclic) bond motifs is 2. The van der Waals surface area contributed by atoms with E-state index in [1.807, 2.05) is 0 Å². The normalized spacial score (nSPS) is 40.9. The summed E-state index contributed by atoms with van der Waals surface area (Å²) in [5.74, 6) is 3.52. The molecule has 114 valence electrons. The van der Waals surface area contributed by atoms with E-state index in [1.54, 1.807) is 12.1 Å². The van der Waals surface area contributed by atoms with E-state index in [0.717, 1.165) is 11.8 Å². The van der Waals surface area contributed by atoms with Crippen molar-refractivity contribution in [2.75, 3.05) is 0 Å². The van der Waals surface area contributed by atoms with Crippen LogP contribution in [0.2, 0.25) is 0 Å². The summed E-state index contributed by atoms with van der Waals surface area (Å²) in [4.78, 5) is 0.418. The van der Waals surface area contributed by atoms with Gasteiger partial charge in [-0.25, -0.2) is 0 Å². The topological polar surface area (TPSA) is 71.4 Å². The van der Waals surface area contributed by atoms with Crippen LogP contribution in [0.4, 0.5) is 0 Å². The highest BCUT2D eigenvalue weighted by molar-refractivity contribution is 5.76. The van der Waals surface area contributed by atoms with Gasteiger partial charge in [0.15, 0.2) is 11.5 Å². The molecule has 5 aliphatic rings. The lowest BCUT2D eigenvalue weighted by Gasteiger charge is -2.57. The molecule has 0 radical (unpaired) electrons. The van der Waals surface area contributed by atoms with Crippen LogP contribution in [0.15, 0.2) is 16.8 Å². The molecule has 1 aromatic heterocycles. The van der Waals surface area contributed by atoms with Gasteiger partial charge < -0.3 is 14.7 Å². The van der Waals surface area contributed by atoms with Crippen LogP contribution < -0.4 is 14.4 Å². The minimum absolute atomic E-state index is 0.392. The number of hydrogen-bond donors (Lipinski definition) is 0. The Hall–Kier alpha value is -1.98. The van der Waals surface area contributed by atoms with Crippen molar-refractivity contribution in [1.29, 1.82) is 0 Å². The van der Waals surface area contributed by atoms with E-state index in [4.69, 9.17) is 9.47 Å². The molecule has 6 heteroatoms. The molecule has 2 heterocycles. The van der Waals surface area contributed by atoms with Crippen LogP contribution in [0.3, 0.4) is 0 Å². The monoisotopic (exact) mass is 300 g/mol. The van der Waals surface area contributed by atoms with E-state index in [1.165, 1.54) is 32.1 Å². The summed E-state index contributed by atoms with van der Waals surface area (Å²) in [5, 5.41) is 15.3. The van der Waals surface area contributed by atoms with Gasteiger partial charge in [-0.2, -0.15) is 0 Å². The highest BCUT2D eigenvalue weighted by atomic mass is 16.8. The van der Waals surface area contributed by atoms with Gasteiger partial charge in [-0.15, -0.1) is 0 Å². The number of nitrogens with zero attached hydrogens (tertiary/aromatic N) is 2. The van der Waals surface area contributed by atoms with Crippen molar-refractivity contribution < 1.29 is 19.0 Å². The Kier molecular flexibility index (Phi) is 1.84. The van der Waals surface area contributed by atoms with Crippen LogP contribution in [0.5, 0.6) is 11.5 Å². The summed E-state index contributed by atoms with van der Waals surface area (Å²) < 4.78 is 17.4. The first kappa shape index (κ1) is 11.6. The van der Waals surface area contributed by atoms with Crippen molar-refractivity contribution in [3.63, 3.8) is 0 Å². The molecule has 1 aliphatic heterocycles. The van der Waals surface area contributed by atoms with E-state index < -0.39 is 5.79 Å². The van der Waals surface area contributed by atoms with Gasteiger partial charge in [-0.05, 0) is 48.8 Å². The van der Waals surface area contributed by atoms with E-state index in [9.17, 15) is 5.21 Å². The molecule has 7 rings (SSSR count). The molecule has 2 aromatic rings. The minimum Gasteiger partial charge on any atom is -0.448 e. The van der Waals surface area contributed by atoms with Gasteiger partial charge in [0, 0.05) is 29.1 Å². The number of ether oxygens (including phenoxy) is 2. The summed E-state index contributed by atoms with van der Waals surface area (Å²) in [6, 6.07) is 3.47. The summed E-state index contributed by atoms with van der Waals surface area (Å²) in [7, 11) is 0. The first-order valence-corrected chi connectivity index (χ1v) is 8.13. The third-order valence-corrected chi connectivity index (χ3v) is 6.27. The number of rotatable bonds is 0. The fourth-order valence-electron chi connectivity index (χ4n) is 5.58. The molecule has 4 aliphatic carbocycles. The maximum atomic E-state index is 11.6. The average Bonchev–Trinajstić information content (AvgIpc) is 3.04. The molecule has 0 N–H and O–H groups in total. The largest absolute Gasteiger partial charge is 0.448 e. The zero-order chi connectivity index (χ0) is 14.5. The highest BCUT2D eigenvalue weighted by Gasteiger charge is 2.63. The van der Waals surface area contributed by atoms with Crippen LogP contribution in [0.25, 0.3) is 11.0 Å².